The molecule has 0 bridgehead atoms. The van der Waals surface area contributed by atoms with Crippen LogP contribution >= 0.6 is 0 Å². The molecule has 1 aliphatic carbocycles. The van der Waals surface area contributed by atoms with Gasteiger partial charge in [-0.3, -0.25) is 9.59 Å². The number of benzene rings is 2. The van der Waals surface area contributed by atoms with Gasteiger partial charge in [0, 0.05) is 31.3 Å². The van der Waals surface area contributed by atoms with E-state index >= 15 is 0 Å². The zero-order valence-electron chi connectivity index (χ0n) is 33.8. The van der Waals surface area contributed by atoms with Gasteiger partial charge in [-0.25, -0.2) is 24.5 Å². The molecule has 310 valence electrons. The summed E-state index contributed by atoms with van der Waals surface area (Å²) in [6.45, 7) is 2.87. The molecule has 2 aliphatic heterocycles. The molecular weight excluding hydrogens is 755 g/mol. The fraction of sp³-hybridized carbons (Fsp3) is 0.465. The summed E-state index contributed by atoms with van der Waals surface area (Å²) in [6.07, 6.45) is 6.99. The molecule has 5 atom stereocenters. The molecule has 4 N–H and O–H groups in total. The minimum atomic E-state index is -0.903. The first-order chi connectivity index (χ1) is 28.6. The van der Waals surface area contributed by atoms with E-state index < -0.39 is 30.4 Å². The number of methoxy groups -OCH3 is 3. The number of likely N-dealkylation sites (tertiary alicyclic amines) is 2. The molecule has 0 spiro atoms. The lowest BCUT2D eigenvalue weighted by molar-refractivity contribution is -0.137. The zero-order valence-corrected chi connectivity index (χ0v) is 33.8. The highest BCUT2D eigenvalue weighted by Crippen LogP contribution is 2.37. The lowest BCUT2D eigenvalue weighted by Crippen LogP contribution is -2.54. The smallest absolute Gasteiger partial charge is 0.407 e. The summed E-state index contributed by atoms with van der Waals surface area (Å²) >= 11 is 0. The number of hydrogen-bond donors (Lipinski definition) is 4. The molecule has 0 radical (unpaired) electrons. The van der Waals surface area contributed by atoms with Crippen LogP contribution in [-0.2, 0) is 23.8 Å². The highest BCUT2D eigenvalue weighted by atomic mass is 16.5. The fourth-order valence-electron chi connectivity index (χ4n) is 9.00. The van der Waals surface area contributed by atoms with E-state index in [1.807, 2.05) is 29.2 Å². The van der Waals surface area contributed by atoms with Gasteiger partial charge in [0.05, 0.1) is 55.5 Å². The number of aromatic nitrogens is 5. The van der Waals surface area contributed by atoms with E-state index in [2.05, 4.69) is 44.9 Å². The highest BCUT2D eigenvalue weighted by Gasteiger charge is 2.41. The third-order valence-electron chi connectivity index (χ3n) is 12.3. The van der Waals surface area contributed by atoms with Crippen molar-refractivity contribution in [3.8, 4) is 22.5 Å². The van der Waals surface area contributed by atoms with Crippen molar-refractivity contribution in [3.05, 3.63) is 66.4 Å². The molecule has 5 unspecified atom stereocenters. The van der Waals surface area contributed by atoms with Crippen molar-refractivity contribution in [1.82, 2.24) is 45.4 Å². The zero-order chi connectivity index (χ0) is 41.2. The topological polar surface area (TPSA) is 197 Å². The van der Waals surface area contributed by atoms with Crippen molar-refractivity contribution in [3.63, 3.8) is 0 Å². The third-order valence-corrected chi connectivity index (χ3v) is 12.3. The van der Waals surface area contributed by atoms with Crippen LogP contribution in [0.15, 0.2) is 54.7 Å². The van der Waals surface area contributed by atoms with Gasteiger partial charge in [-0.15, -0.1) is 0 Å². The molecule has 3 fully saturated rings. The number of nitrogens with zero attached hydrogens (tertiary/aromatic N) is 5. The number of alkyl carbamates (subject to hydrolysis) is 2. The molecule has 3 aliphatic rings. The van der Waals surface area contributed by atoms with Crippen molar-refractivity contribution < 1.29 is 33.4 Å². The van der Waals surface area contributed by atoms with E-state index in [0.717, 1.165) is 90.2 Å². The quantitative estimate of drug-likeness (QED) is 0.120. The van der Waals surface area contributed by atoms with Crippen LogP contribution in [0.5, 0.6) is 0 Å². The van der Waals surface area contributed by atoms with Crippen molar-refractivity contribution in [1.29, 1.82) is 0 Å². The Hall–Kier alpha value is -6.03. The average Bonchev–Trinajstić information content (AvgIpc) is 4.12. The van der Waals surface area contributed by atoms with Gasteiger partial charge in [-0.05, 0) is 86.4 Å². The van der Waals surface area contributed by atoms with Crippen LogP contribution < -0.4 is 10.6 Å². The van der Waals surface area contributed by atoms with Crippen LogP contribution in [0.3, 0.4) is 0 Å². The van der Waals surface area contributed by atoms with Crippen molar-refractivity contribution in [2.75, 3.05) is 34.4 Å². The van der Waals surface area contributed by atoms with Crippen LogP contribution in [0.25, 0.3) is 44.5 Å². The number of rotatable bonds is 11. The van der Waals surface area contributed by atoms with Gasteiger partial charge in [0.1, 0.15) is 23.7 Å². The molecule has 59 heavy (non-hydrogen) atoms. The number of ether oxygens (including phenoxy) is 3. The molecule has 4 amide bonds. The Morgan fingerprint density at radius 2 is 1.37 bits per heavy atom. The van der Waals surface area contributed by atoms with Crippen LogP contribution in [0.2, 0.25) is 0 Å². The Kier molecular flexibility index (Phi) is 11.5. The van der Waals surface area contributed by atoms with Crippen molar-refractivity contribution >= 4 is 45.9 Å². The maximum Gasteiger partial charge on any atom is 0.407 e. The molecule has 8 rings (SSSR count). The number of pyridine rings is 1. The monoisotopic (exact) mass is 805 g/mol. The second-order valence-corrected chi connectivity index (χ2v) is 15.7. The molecule has 5 aromatic rings. The van der Waals surface area contributed by atoms with Gasteiger partial charge < -0.3 is 44.6 Å². The SMILES string of the molecule is COC(=O)NC(C(=O)N1CCCC1c1nc2nc(-c3ccc4cc(-c5cnc(C6CCCN6C(=O)C(NC(=O)OC)C(C)OC)[nH]5)ccc4c3)ccc2[nH]1)C1CCCC1. The summed E-state index contributed by atoms with van der Waals surface area (Å²) in [4.78, 5) is 77.0. The average molecular weight is 806 g/mol. The van der Waals surface area contributed by atoms with Gasteiger partial charge in [-0.1, -0.05) is 37.1 Å². The molecule has 5 heterocycles. The number of fused-ring (bicyclic) bond motifs is 2. The Bertz CT molecular complexity index is 2350. The first kappa shape index (κ1) is 39.8. The highest BCUT2D eigenvalue weighted by molar-refractivity contribution is 5.91. The van der Waals surface area contributed by atoms with Crippen LogP contribution in [0, 0.1) is 5.92 Å². The number of carbonyl (C=O) groups excluding carboxylic acids is 4. The summed E-state index contributed by atoms with van der Waals surface area (Å²) in [5.74, 6) is 1.13. The molecular formula is C43H51N9O7. The molecule has 3 aromatic heterocycles. The van der Waals surface area contributed by atoms with Crippen LogP contribution in [0.1, 0.15) is 82.0 Å². The predicted molar refractivity (Wildman–Crippen MR) is 219 cm³/mol. The molecule has 2 saturated heterocycles. The van der Waals surface area contributed by atoms with E-state index in [-0.39, 0.29) is 29.8 Å². The van der Waals surface area contributed by atoms with Crippen molar-refractivity contribution in [2.24, 2.45) is 5.92 Å². The van der Waals surface area contributed by atoms with Gasteiger partial charge in [0.2, 0.25) is 11.8 Å². The summed E-state index contributed by atoms with van der Waals surface area (Å²) in [5.41, 5.74) is 4.88. The number of carbonyl (C=O) groups is 4. The maximum absolute atomic E-state index is 14.0. The predicted octanol–water partition coefficient (Wildman–Crippen LogP) is 6.17. The van der Waals surface area contributed by atoms with E-state index in [1.54, 1.807) is 18.0 Å². The standard InChI is InChI=1S/C43H51N9O7/c1-24(57-2)35(48-42(55)58-3)40(53)51-19-7-11-33(51)38-44-23-32(47-38)29-16-14-26-21-28(15-13-27(26)22-29)30-17-18-31-37(45-30)50-39(46-31)34-12-8-20-52(34)41(54)36(49-43(56)59-4)25-9-5-6-10-25/h13-18,21-25,33-36H,5-12,19-20H2,1-4H3,(H,44,47)(H,48,55)(H,49,56)(H,45,46,50). The number of aromatic amines is 2. The van der Waals surface area contributed by atoms with Crippen LogP contribution in [-0.4, -0.2) is 111 Å². The Balaban J connectivity index is 0.979. The second-order valence-electron chi connectivity index (χ2n) is 15.7. The second kappa shape index (κ2) is 17.1. The lowest BCUT2D eigenvalue weighted by atomic mass is 9.96. The molecule has 1 saturated carbocycles. The number of hydrogen-bond acceptors (Lipinski definition) is 10. The summed E-state index contributed by atoms with van der Waals surface area (Å²) in [6, 6.07) is 14.4. The van der Waals surface area contributed by atoms with Gasteiger partial charge in [0.25, 0.3) is 0 Å². The van der Waals surface area contributed by atoms with E-state index in [1.165, 1.54) is 21.3 Å². The Morgan fingerprint density at radius 3 is 2.07 bits per heavy atom. The fourth-order valence-corrected chi connectivity index (χ4v) is 9.00. The maximum atomic E-state index is 14.0. The summed E-state index contributed by atoms with van der Waals surface area (Å²) in [7, 11) is 4.08. The van der Waals surface area contributed by atoms with Crippen LogP contribution in [0.4, 0.5) is 9.59 Å². The van der Waals surface area contributed by atoms with Gasteiger partial charge in [-0.2, -0.15) is 0 Å². The van der Waals surface area contributed by atoms with E-state index in [9.17, 15) is 19.2 Å². The van der Waals surface area contributed by atoms with Crippen molar-refractivity contribution in [2.45, 2.75) is 88.6 Å². The Morgan fingerprint density at radius 1 is 0.729 bits per heavy atom. The summed E-state index contributed by atoms with van der Waals surface area (Å²) in [5, 5.41) is 7.54. The Labute approximate surface area is 341 Å². The number of nitrogens with one attached hydrogen (secondary N) is 4. The molecule has 16 nitrogen and oxygen atoms in total. The minimum Gasteiger partial charge on any atom is -0.453 e. The lowest BCUT2D eigenvalue weighted by Gasteiger charge is -2.31. The van der Waals surface area contributed by atoms with Gasteiger partial charge in [0.15, 0.2) is 5.65 Å². The molecule has 16 heteroatoms. The number of H-pyrrole nitrogens is 2. The van der Waals surface area contributed by atoms with E-state index in [4.69, 9.17) is 29.2 Å². The number of amides is 4. The molecule has 2 aromatic carbocycles. The number of imidazole rings is 2. The first-order valence-corrected chi connectivity index (χ1v) is 20.4. The third kappa shape index (κ3) is 8.05. The summed E-state index contributed by atoms with van der Waals surface area (Å²) < 4.78 is 15.0. The van der Waals surface area contributed by atoms with E-state index in [0.29, 0.717) is 30.4 Å². The largest absolute Gasteiger partial charge is 0.453 e. The first-order valence-electron chi connectivity index (χ1n) is 20.4. The normalized spacial score (nSPS) is 19.9. The van der Waals surface area contributed by atoms with Gasteiger partial charge >= 0.3 is 12.2 Å². The minimum absolute atomic E-state index is 0.0870.